The molecule has 2 rings (SSSR count). The number of aromatic nitrogens is 4. The second-order valence-electron chi connectivity index (χ2n) is 4.66. The fourth-order valence-corrected chi connectivity index (χ4v) is 2.88. The second kappa shape index (κ2) is 7.51. The van der Waals surface area contributed by atoms with Gasteiger partial charge >= 0.3 is 13.3 Å². The van der Waals surface area contributed by atoms with Crippen molar-refractivity contribution in [3.63, 3.8) is 0 Å². The molecule has 5 N–H and O–H groups in total. The molecule has 12 heteroatoms. The van der Waals surface area contributed by atoms with Crippen molar-refractivity contribution < 1.29 is 28.6 Å². The summed E-state index contributed by atoms with van der Waals surface area (Å²) in [5.41, 5.74) is 4.26. The van der Waals surface area contributed by atoms with Crippen LogP contribution in [0.2, 0.25) is 0 Å². The van der Waals surface area contributed by atoms with Crippen LogP contribution in [0.15, 0.2) is 6.33 Å². The molecule has 0 aliphatic heterocycles. The summed E-state index contributed by atoms with van der Waals surface area (Å²) in [4.78, 5) is 34.1. The summed E-state index contributed by atoms with van der Waals surface area (Å²) in [5.74, 6) is 0.545. The van der Waals surface area contributed by atoms with E-state index in [2.05, 4.69) is 19.9 Å². The number of hydrogen-bond donors (Lipinski definition) is 4. The van der Waals surface area contributed by atoms with Crippen LogP contribution >= 0.6 is 7.60 Å². The molecular weight excluding hydrogens is 341 g/mol. The van der Waals surface area contributed by atoms with E-state index in [1.165, 1.54) is 6.33 Å². The number of hydrogen-bond acceptors (Lipinski definition) is 8. The lowest BCUT2D eigenvalue weighted by molar-refractivity contribution is -0.330. The van der Waals surface area contributed by atoms with E-state index in [4.69, 9.17) is 19.9 Å². The van der Waals surface area contributed by atoms with Gasteiger partial charge in [0.2, 0.25) is 0 Å². The minimum Gasteiger partial charge on any atom is -0.382 e. The highest BCUT2D eigenvalue weighted by atomic mass is 31.2. The van der Waals surface area contributed by atoms with Gasteiger partial charge in [0.25, 0.3) is 0 Å². The zero-order valence-corrected chi connectivity index (χ0v) is 14.2. The van der Waals surface area contributed by atoms with Gasteiger partial charge in [-0.15, -0.1) is 0 Å². The van der Waals surface area contributed by atoms with Crippen molar-refractivity contribution in [3.8, 4) is 0 Å². The van der Waals surface area contributed by atoms with Crippen LogP contribution < -0.4 is 5.73 Å². The van der Waals surface area contributed by atoms with Gasteiger partial charge in [-0.05, 0) is 13.8 Å². The van der Waals surface area contributed by atoms with Gasteiger partial charge in [-0.25, -0.2) is 15.0 Å². The van der Waals surface area contributed by atoms with E-state index in [1.54, 1.807) is 13.8 Å². The van der Waals surface area contributed by atoms with E-state index in [1.807, 2.05) is 0 Å². The molecule has 0 amide bonds. The van der Waals surface area contributed by atoms with Crippen molar-refractivity contribution in [3.05, 3.63) is 12.2 Å². The van der Waals surface area contributed by atoms with E-state index < -0.39 is 13.3 Å². The first-order chi connectivity index (χ1) is 11.3. The molecule has 0 saturated heterocycles. The van der Waals surface area contributed by atoms with Crippen LogP contribution in [0.3, 0.4) is 0 Å². The largest absolute Gasteiger partial charge is 0.415 e. The summed E-state index contributed by atoms with van der Waals surface area (Å²) in [7, 11) is -4.85. The Balaban J connectivity index is 2.12. The number of imidazole rings is 1. The predicted molar refractivity (Wildman–Crippen MR) is 83.8 cm³/mol. The zero-order valence-electron chi connectivity index (χ0n) is 13.3. The van der Waals surface area contributed by atoms with Crippen LogP contribution in [0.25, 0.3) is 11.2 Å². The number of nitrogens with two attached hydrogens (primary N) is 1. The first-order valence-electron chi connectivity index (χ1n) is 7.26. The van der Waals surface area contributed by atoms with E-state index >= 15 is 0 Å². The molecule has 0 saturated carbocycles. The quantitative estimate of drug-likeness (QED) is 0.361. The molecule has 0 aliphatic carbocycles. The van der Waals surface area contributed by atoms with Gasteiger partial charge in [0, 0.05) is 6.42 Å². The molecule has 24 heavy (non-hydrogen) atoms. The number of fused-ring (bicyclic) bond motifs is 1. The van der Waals surface area contributed by atoms with E-state index in [0.717, 1.165) is 0 Å². The molecule has 0 spiro atoms. The lowest BCUT2D eigenvalue weighted by Crippen LogP contribution is -2.39. The van der Waals surface area contributed by atoms with Crippen LogP contribution in [-0.2, 0) is 25.2 Å². The van der Waals surface area contributed by atoms with Crippen LogP contribution in [-0.4, -0.2) is 55.3 Å². The monoisotopic (exact) mass is 361 g/mol. The molecule has 134 valence electrons. The summed E-state index contributed by atoms with van der Waals surface area (Å²) in [6.45, 7) is 2.98. The number of aromatic amines is 1. The van der Waals surface area contributed by atoms with Crippen LogP contribution in [0, 0.1) is 0 Å². The number of nitrogen functional groups attached to an aromatic ring is 1. The van der Waals surface area contributed by atoms with Crippen molar-refractivity contribution in [2.75, 3.05) is 25.6 Å². The minimum atomic E-state index is -4.85. The molecule has 0 unspecified atom stereocenters. The third-order valence-electron chi connectivity index (χ3n) is 2.98. The van der Waals surface area contributed by atoms with Gasteiger partial charge < -0.3 is 34.7 Å². The Kier molecular flexibility index (Phi) is 5.86. The lowest BCUT2D eigenvalue weighted by atomic mass is 10.4. The average molecular weight is 361 g/mol. The Morgan fingerprint density at radius 3 is 2.50 bits per heavy atom. The number of H-pyrrole nitrogens is 1. The first kappa shape index (κ1) is 18.7. The number of nitrogens with zero attached hydrogens (tertiary/aromatic N) is 3. The van der Waals surface area contributed by atoms with Crippen molar-refractivity contribution in [2.45, 2.75) is 26.0 Å². The van der Waals surface area contributed by atoms with Crippen LogP contribution in [0.4, 0.5) is 5.82 Å². The second-order valence-corrected chi connectivity index (χ2v) is 6.29. The van der Waals surface area contributed by atoms with Gasteiger partial charge in [0.1, 0.15) is 11.3 Å². The Morgan fingerprint density at radius 1 is 1.25 bits per heavy atom. The Hall–Kier alpha value is -1.62. The van der Waals surface area contributed by atoms with Gasteiger partial charge in [0.05, 0.1) is 26.1 Å². The fourth-order valence-electron chi connectivity index (χ4n) is 2.03. The lowest BCUT2D eigenvalue weighted by Gasteiger charge is -2.32. The van der Waals surface area contributed by atoms with Crippen LogP contribution in [0.1, 0.15) is 19.7 Å². The number of ether oxygens (including phenoxy) is 3. The molecule has 0 fully saturated rings. The normalized spacial score (nSPS) is 12.8. The molecule has 2 aromatic rings. The minimum absolute atomic E-state index is 0.00616. The summed E-state index contributed by atoms with van der Waals surface area (Å²) >= 11 is 0. The Bertz CT molecular complexity index is 726. The molecule has 0 aromatic carbocycles. The molecule has 2 heterocycles. The first-order valence-corrected chi connectivity index (χ1v) is 8.87. The maximum Gasteiger partial charge on any atom is 0.415 e. The highest BCUT2D eigenvalue weighted by molar-refractivity contribution is 7.52. The molecule has 0 bridgehead atoms. The molecular formula is C12H20N5O6P. The van der Waals surface area contributed by atoms with Gasteiger partial charge in [-0.2, -0.15) is 0 Å². The number of rotatable bonds is 9. The maximum absolute atomic E-state index is 11.7. The van der Waals surface area contributed by atoms with Crippen molar-refractivity contribution in [2.24, 2.45) is 0 Å². The summed E-state index contributed by atoms with van der Waals surface area (Å²) in [5, 5.41) is 0. The predicted octanol–water partition coefficient (Wildman–Crippen LogP) is 0.356. The van der Waals surface area contributed by atoms with E-state index in [0.29, 0.717) is 17.0 Å². The zero-order chi connectivity index (χ0) is 17.8. The van der Waals surface area contributed by atoms with Crippen molar-refractivity contribution >= 4 is 24.6 Å². The van der Waals surface area contributed by atoms with Crippen LogP contribution in [0.5, 0.6) is 0 Å². The van der Waals surface area contributed by atoms with Crippen molar-refractivity contribution in [1.82, 2.24) is 19.9 Å². The van der Waals surface area contributed by atoms with Gasteiger partial charge in [-0.1, -0.05) is 0 Å². The molecule has 2 aromatic heterocycles. The van der Waals surface area contributed by atoms with Gasteiger partial charge in [0.15, 0.2) is 11.5 Å². The Morgan fingerprint density at radius 2 is 1.92 bits per heavy atom. The average Bonchev–Trinajstić information content (AvgIpc) is 2.95. The summed E-state index contributed by atoms with van der Waals surface area (Å²) in [6, 6.07) is 0. The highest BCUT2D eigenvalue weighted by Gasteiger charge is 2.51. The van der Waals surface area contributed by atoms with Crippen molar-refractivity contribution in [1.29, 1.82) is 0 Å². The smallest absolute Gasteiger partial charge is 0.382 e. The molecule has 0 atom stereocenters. The number of nitrogens with one attached hydrogen (secondary N) is 1. The van der Waals surface area contributed by atoms with Gasteiger partial charge in [-0.3, -0.25) is 4.57 Å². The molecule has 11 nitrogen and oxygen atoms in total. The topological polar surface area (TPSA) is 166 Å². The number of anilines is 1. The fraction of sp³-hybridized carbons (Fsp3) is 0.583. The van der Waals surface area contributed by atoms with E-state index in [9.17, 15) is 14.4 Å². The maximum atomic E-state index is 11.7. The highest BCUT2D eigenvalue weighted by Crippen LogP contribution is 2.52. The third kappa shape index (κ3) is 3.89. The summed E-state index contributed by atoms with van der Waals surface area (Å²) < 4.78 is 27.1. The SMILES string of the molecule is CCOC(OCC)(OCCc1nc(N)c2[nH]cnc2n1)P(=O)(O)O. The molecule has 0 aliphatic rings. The molecule has 0 radical (unpaired) electrons. The summed E-state index contributed by atoms with van der Waals surface area (Å²) in [6.07, 6.45) is 1.58. The van der Waals surface area contributed by atoms with E-state index in [-0.39, 0.29) is 32.1 Å². The third-order valence-corrected chi connectivity index (χ3v) is 4.08. The standard InChI is InChI=1S/C12H20N5O6P/c1-3-21-12(22-4-2,24(18,19)20)23-6-5-8-16-10(13)9-11(17-8)15-7-14-9/h7H,3-6H2,1-2H3,(H2,18,19,20)(H3,13,14,15,16,17). The Labute approximate surface area is 137 Å².